The molecule has 0 aliphatic carbocycles. The monoisotopic (exact) mass is 528 g/mol. The Balaban J connectivity index is 1.42. The van der Waals surface area contributed by atoms with Gasteiger partial charge in [0.25, 0.3) is 5.69 Å². The Hall–Kier alpha value is -4.68. The Morgan fingerprint density at radius 2 is 1.71 bits per heavy atom. The molecule has 0 saturated carbocycles. The van der Waals surface area contributed by atoms with E-state index in [0.717, 1.165) is 5.56 Å². The molecule has 38 heavy (non-hydrogen) atoms. The summed E-state index contributed by atoms with van der Waals surface area (Å²) in [5, 5.41) is 15.8. The normalized spacial score (nSPS) is 14.1. The van der Waals surface area contributed by atoms with Crippen molar-refractivity contribution in [3.05, 3.63) is 70.3 Å². The number of hydrogen-bond donors (Lipinski definition) is 2. The highest BCUT2D eigenvalue weighted by atomic mass is 16.6. The molecule has 202 valence electrons. The number of ether oxygens (including phenoxy) is 3. The van der Waals surface area contributed by atoms with Crippen molar-refractivity contribution < 1.29 is 38.3 Å². The van der Waals surface area contributed by atoms with Gasteiger partial charge in [-0.25, -0.2) is 14.4 Å². The molecule has 0 unspecified atom stereocenters. The second-order valence-electron chi connectivity index (χ2n) is 8.41. The highest BCUT2D eigenvalue weighted by molar-refractivity contribution is 5.84. The van der Waals surface area contributed by atoms with Gasteiger partial charge in [0.15, 0.2) is 0 Å². The van der Waals surface area contributed by atoms with Gasteiger partial charge in [0.2, 0.25) is 5.91 Å². The Morgan fingerprint density at radius 3 is 2.32 bits per heavy atom. The molecule has 2 aromatic rings. The van der Waals surface area contributed by atoms with Crippen molar-refractivity contribution in [2.45, 2.75) is 25.5 Å². The summed E-state index contributed by atoms with van der Waals surface area (Å²) in [6, 6.07) is 13.0. The standard InChI is InChI=1S/C25H28N4O9/c1-36-23(31)21(27-24(32)37-16-17-5-3-2-4-6-17)15-26-22(30)18-11-13-28(14-12-18)25(33)38-20-9-7-19(8-10-20)29(34)35/h2-10,18,21H,11-16H2,1H3,(H,26,30)(H,27,32)/t21-/m0/s1. The van der Waals surface area contributed by atoms with Gasteiger partial charge < -0.3 is 29.7 Å². The number of esters is 1. The van der Waals surface area contributed by atoms with Gasteiger partial charge in [-0.15, -0.1) is 0 Å². The predicted molar refractivity (Wildman–Crippen MR) is 132 cm³/mol. The van der Waals surface area contributed by atoms with Crippen LogP contribution in [0.25, 0.3) is 0 Å². The summed E-state index contributed by atoms with van der Waals surface area (Å²) in [6.45, 7) is 0.329. The maximum Gasteiger partial charge on any atom is 0.415 e. The average Bonchev–Trinajstić information content (AvgIpc) is 2.94. The average molecular weight is 529 g/mol. The van der Waals surface area contributed by atoms with E-state index < -0.39 is 35.0 Å². The number of methoxy groups -OCH3 is 1. The fraction of sp³-hybridized carbons (Fsp3) is 0.360. The van der Waals surface area contributed by atoms with Crippen molar-refractivity contribution in [1.82, 2.24) is 15.5 Å². The highest BCUT2D eigenvalue weighted by Gasteiger charge is 2.30. The van der Waals surface area contributed by atoms with Crippen molar-refractivity contribution in [1.29, 1.82) is 0 Å². The molecule has 13 nitrogen and oxygen atoms in total. The lowest BCUT2D eigenvalue weighted by Crippen LogP contribution is -2.51. The van der Waals surface area contributed by atoms with Crippen LogP contribution in [-0.2, 0) is 25.7 Å². The molecule has 1 saturated heterocycles. The lowest BCUT2D eigenvalue weighted by molar-refractivity contribution is -0.384. The molecule has 13 heteroatoms. The third-order valence-electron chi connectivity index (χ3n) is 5.85. The Morgan fingerprint density at radius 1 is 1.05 bits per heavy atom. The van der Waals surface area contributed by atoms with Gasteiger partial charge in [-0.05, 0) is 30.5 Å². The van der Waals surface area contributed by atoms with Crippen LogP contribution >= 0.6 is 0 Å². The fourth-order valence-corrected chi connectivity index (χ4v) is 3.72. The molecule has 1 heterocycles. The first kappa shape index (κ1) is 27.9. The maximum absolute atomic E-state index is 12.7. The SMILES string of the molecule is COC(=O)[C@H](CNC(=O)C1CCN(C(=O)Oc2ccc([N+](=O)[O-])cc2)CC1)NC(=O)OCc1ccccc1. The van der Waals surface area contributed by atoms with Gasteiger partial charge in [0, 0.05) is 37.7 Å². The summed E-state index contributed by atoms with van der Waals surface area (Å²) < 4.78 is 15.1. The zero-order valence-corrected chi connectivity index (χ0v) is 20.7. The number of piperidine rings is 1. The van der Waals surface area contributed by atoms with E-state index in [1.54, 1.807) is 24.3 Å². The maximum atomic E-state index is 12.7. The molecule has 0 bridgehead atoms. The van der Waals surface area contributed by atoms with Crippen LogP contribution in [0.4, 0.5) is 15.3 Å². The quantitative estimate of drug-likeness (QED) is 0.282. The van der Waals surface area contributed by atoms with Gasteiger partial charge in [-0.1, -0.05) is 30.3 Å². The molecule has 1 fully saturated rings. The third-order valence-corrected chi connectivity index (χ3v) is 5.85. The molecule has 0 radical (unpaired) electrons. The number of benzene rings is 2. The van der Waals surface area contributed by atoms with E-state index in [-0.39, 0.29) is 43.6 Å². The zero-order valence-electron chi connectivity index (χ0n) is 20.7. The lowest BCUT2D eigenvalue weighted by atomic mass is 9.96. The van der Waals surface area contributed by atoms with Crippen molar-refractivity contribution in [3.8, 4) is 5.75 Å². The molecule has 1 aliphatic heterocycles. The fourth-order valence-electron chi connectivity index (χ4n) is 3.72. The molecule has 2 N–H and O–H groups in total. The third kappa shape index (κ3) is 8.18. The number of amides is 3. The zero-order chi connectivity index (χ0) is 27.5. The van der Waals surface area contributed by atoms with Gasteiger partial charge in [0.05, 0.1) is 12.0 Å². The van der Waals surface area contributed by atoms with Crippen molar-refractivity contribution in [2.75, 3.05) is 26.7 Å². The van der Waals surface area contributed by atoms with Crippen LogP contribution in [0.3, 0.4) is 0 Å². The van der Waals surface area contributed by atoms with Crippen LogP contribution < -0.4 is 15.4 Å². The van der Waals surface area contributed by atoms with Crippen LogP contribution in [0.1, 0.15) is 18.4 Å². The molecular weight excluding hydrogens is 500 g/mol. The largest absolute Gasteiger partial charge is 0.467 e. The number of carbonyl (C=O) groups is 4. The molecule has 3 amide bonds. The molecule has 1 atom stereocenters. The highest BCUT2D eigenvalue weighted by Crippen LogP contribution is 2.21. The molecular formula is C25H28N4O9. The van der Waals surface area contributed by atoms with Crippen LogP contribution in [0.15, 0.2) is 54.6 Å². The number of non-ortho nitro benzene ring substituents is 1. The van der Waals surface area contributed by atoms with E-state index in [0.29, 0.717) is 12.8 Å². The molecule has 0 aromatic heterocycles. The number of likely N-dealkylation sites (tertiary alicyclic amines) is 1. The second kappa shape index (κ2) is 13.6. The number of nitro benzene ring substituents is 1. The van der Waals surface area contributed by atoms with Crippen LogP contribution in [0.2, 0.25) is 0 Å². The van der Waals surface area contributed by atoms with E-state index in [1.807, 2.05) is 6.07 Å². The number of nitrogens with zero attached hydrogens (tertiary/aromatic N) is 2. The number of carbonyl (C=O) groups excluding carboxylic acids is 4. The number of hydrogen-bond acceptors (Lipinski definition) is 9. The van der Waals surface area contributed by atoms with Gasteiger partial charge in [0.1, 0.15) is 18.4 Å². The van der Waals surface area contributed by atoms with E-state index in [2.05, 4.69) is 10.6 Å². The number of nitro groups is 1. The summed E-state index contributed by atoms with van der Waals surface area (Å²) in [7, 11) is 1.17. The molecule has 0 spiro atoms. The minimum atomic E-state index is -1.15. The summed E-state index contributed by atoms with van der Waals surface area (Å²) in [4.78, 5) is 60.9. The van der Waals surface area contributed by atoms with Crippen molar-refractivity contribution in [2.24, 2.45) is 5.92 Å². The number of rotatable bonds is 9. The van der Waals surface area contributed by atoms with Crippen LogP contribution in [0, 0.1) is 16.0 Å². The Kier molecular flexibility index (Phi) is 9.97. The van der Waals surface area contributed by atoms with Gasteiger partial charge >= 0.3 is 18.2 Å². The summed E-state index contributed by atoms with van der Waals surface area (Å²) in [5.74, 6) is -1.32. The first-order chi connectivity index (χ1) is 18.3. The minimum Gasteiger partial charge on any atom is -0.467 e. The van der Waals surface area contributed by atoms with Crippen molar-refractivity contribution in [3.63, 3.8) is 0 Å². The lowest BCUT2D eigenvalue weighted by Gasteiger charge is -2.30. The van der Waals surface area contributed by atoms with Crippen molar-refractivity contribution >= 4 is 29.8 Å². The Bertz CT molecular complexity index is 1130. The summed E-state index contributed by atoms with van der Waals surface area (Å²) in [5.41, 5.74) is 0.652. The minimum absolute atomic E-state index is 0.0120. The van der Waals surface area contributed by atoms with Crippen LogP contribution in [-0.4, -0.2) is 66.7 Å². The van der Waals surface area contributed by atoms with E-state index in [1.165, 1.54) is 36.3 Å². The van der Waals surface area contributed by atoms with E-state index in [9.17, 15) is 29.3 Å². The van der Waals surface area contributed by atoms with Gasteiger partial charge in [-0.3, -0.25) is 14.9 Å². The number of alkyl carbamates (subject to hydrolysis) is 1. The number of nitrogens with one attached hydrogen (secondary N) is 2. The van der Waals surface area contributed by atoms with Crippen LogP contribution in [0.5, 0.6) is 5.75 Å². The van der Waals surface area contributed by atoms with Gasteiger partial charge in [-0.2, -0.15) is 0 Å². The smallest absolute Gasteiger partial charge is 0.415 e. The predicted octanol–water partition coefficient (Wildman–Crippen LogP) is 2.39. The molecule has 1 aliphatic rings. The first-order valence-corrected chi connectivity index (χ1v) is 11.8. The van der Waals surface area contributed by atoms with E-state index >= 15 is 0 Å². The molecule has 2 aromatic carbocycles. The summed E-state index contributed by atoms with van der Waals surface area (Å²) >= 11 is 0. The first-order valence-electron chi connectivity index (χ1n) is 11.8. The van der Waals surface area contributed by atoms with E-state index in [4.69, 9.17) is 14.2 Å². The second-order valence-corrected chi connectivity index (χ2v) is 8.41. The topological polar surface area (TPSA) is 166 Å². The summed E-state index contributed by atoms with van der Waals surface area (Å²) in [6.07, 6.45) is -0.743. The Labute approximate surface area is 218 Å². The molecule has 3 rings (SSSR count).